The number of thioether (sulfide) groups is 1. The summed E-state index contributed by atoms with van der Waals surface area (Å²) in [5.41, 5.74) is 1.04. The van der Waals surface area contributed by atoms with E-state index in [0.29, 0.717) is 0 Å². The van der Waals surface area contributed by atoms with E-state index in [-0.39, 0.29) is 0 Å². The lowest BCUT2D eigenvalue weighted by atomic mass is 10.3. The molecule has 0 aromatic carbocycles. The standard InChI is InChI=1S/C10H16N2OS/c1-8-5-12(6-9(2)14-8)7-10-3-4-13-11-10/h3-4,8-9H,5-7H2,1-2H3. The van der Waals surface area contributed by atoms with Crippen molar-refractivity contribution in [2.45, 2.75) is 30.9 Å². The molecule has 0 radical (unpaired) electrons. The average Bonchev–Trinajstić information content (AvgIpc) is 2.54. The van der Waals surface area contributed by atoms with Crippen molar-refractivity contribution in [1.29, 1.82) is 0 Å². The Labute approximate surface area is 88.8 Å². The predicted octanol–water partition coefficient (Wildman–Crippen LogP) is 2.00. The van der Waals surface area contributed by atoms with Gasteiger partial charge in [-0.2, -0.15) is 11.8 Å². The highest BCUT2D eigenvalue weighted by atomic mass is 32.2. The van der Waals surface area contributed by atoms with E-state index in [9.17, 15) is 0 Å². The van der Waals surface area contributed by atoms with Crippen LogP contribution in [0.4, 0.5) is 0 Å². The molecule has 2 atom stereocenters. The highest BCUT2D eigenvalue weighted by Crippen LogP contribution is 2.25. The van der Waals surface area contributed by atoms with Crippen molar-refractivity contribution in [3.05, 3.63) is 18.0 Å². The summed E-state index contributed by atoms with van der Waals surface area (Å²) in [5, 5.41) is 5.39. The highest BCUT2D eigenvalue weighted by molar-refractivity contribution is 8.00. The Morgan fingerprint density at radius 2 is 2.21 bits per heavy atom. The Morgan fingerprint density at radius 1 is 1.50 bits per heavy atom. The molecule has 2 unspecified atom stereocenters. The van der Waals surface area contributed by atoms with Crippen LogP contribution >= 0.6 is 11.8 Å². The number of rotatable bonds is 2. The van der Waals surface area contributed by atoms with Crippen LogP contribution < -0.4 is 0 Å². The van der Waals surface area contributed by atoms with Crippen molar-refractivity contribution >= 4 is 11.8 Å². The molecule has 78 valence electrons. The minimum atomic E-state index is 0.727. The zero-order valence-electron chi connectivity index (χ0n) is 8.64. The second-order valence-electron chi connectivity index (χ2n) is 3.94. The monoisotopic (exact) mass is 212 g/mol. The quantitative estimate of drug-likeness (QED) is 0.750. The summed E-state index contributed by atoms with van der Waals surface area (Å²) in [6.45, 7) is 7.81. The number of nitrogens with zero attached hydrogens (tertiary/aromatic N) is 2. The summed E-state index contributed by atoms with van der Waals surface area (Å²) in [6.07, 6.45) is 1.64. The Morgan fingerprint density at radius 3 is 2.79 bits per heavy atom. The molecule has 0 bridgehead atoms. The maximum absolute atomic E-state index is 4.83. The Balaban J connectivity index is 1.91. The fourth-order valence-electron chi connectivity index (χ4n) is 1.96. The first-order chi connectivity index (χ1) is 6.74. The molecule has 1 aromatic rings. The van der Waals surface area contributed by atoms with E-state index in [2.05, 4.69) is 35.7 Å². The number of hydrogen-bond donors (Lipinski definition) is 0. The van der Waals surface area contributed by atoms with Gasteiger partial charge < -0.3 is 4.52 Å². The molecule has 0 saturated carbocycles. The first kappa shape index (κ1) is 10.1. The van der Waals surface area contributed by atoms with Gasteiger partial charge in [0.25, 0.3) is 0 Å². The third kappa shape index (κ3) is 2.51. The van der Waals surface area contributed by atoms with Crippen LogP contribution in [0.5, 0.6) is 0 Å². The topological polar surface area (TPSA) is 29.3 Å². The summed E-state index contributed by atoms with van der Waals surface area (Å²) in [4.78, 5) is 2.45. The lowest BCUT2D eigenvalue weighted by Crippen LogP contribution is -2.39. The lowest BCUT2D eigenvalue weighted by molar-refractivity contribution is 0.254. The van der Waals surface area contributed by atoms with Gasteiger partial charge in [-0.25, -0.2) is 0 Å². The van der Waals surface area contributed by atoms with E-state index in [1.165, 1.54) is 0 Å². The van der Waals surface area contributed by atoms with Crippen LogP contribution in [0.3, 0.4) is 0 Å². The van der Waals surface area contributed by atoms with Gasteiger partial charge in [-0.1, -0.05) is 19.0 Å². The van der Waals surface area contributed by atoms with Crippen LogP contribution in [-0.2, 0) is 6.54 Å². The third-order valence-electron chi connectivity index (χ3n) is 2.37. The van der Waals surface area contributed by atoms with Crippen molar-refractivity contribution in [1.82, 2.24) is 10.1 Å². The van der Waals surface area contributed by atoms with Crippen molar-refractivity contribution in [2.24, 2.45) is 0 Å². The molecule has 1 saturated heterocycles. The highest BCUT2D eigenvalue weighted by Gasteiger charge is 2.22. The van der Waals surface area contributed by atoms with Gasteiger partial charge in [-0.3, -0.25) is 4.90 Å². The van der Waals surface area contributed by atoms with Crippen LogP contribution in [0.25, 0.3) is 0 Å². The Bertz CT molecular complexity index is 266. The molecule has 0 amide bonds. The molecule has 3 nitrogen and oxygen atoms in total. The van der Waals surface area contributed by atoms with Crippen LogP contribution in [0.2, 0.25) is 0 Å². The summed E-state index contributed by atoms with van der Waals surface area (Å²) >= 11 is 2.07. The normalized spacial score (nSPS) is 29.3. The van der Waals surface area contributed by atoms with Gasteiger partial charge in [0.05, 0.1) is 5.69 Å². The molecule has 1 fully saturated rings. The van der Waals surface area contributed by atoms with Gasteiger partial charge in [-0.05, 0) is 0 Å². The second kappa shape index (κ2) is 4.36. The molecule has 0 N–H and O–H groups in total. The molecule has 14 heavy (non-hydrogen) atoms. The van der Waals surface area contributed by atoms with E-state index in [0.717, 1.165) is 35.8 Å². The van der Waals surface area contributed by atoms with Crippen molar-refractivity contribution in [3.8, 4) is 0 Å². The summed E-state index contributed by atoms with van der Waals surface area (Å²) < 4.78 is 4.83. The molecule has 0 spiro atoms. The second-order valence-corrected chi connectivity index (χ2v) is 5.82. The van der Waals surface area contributed by atoms with E-state index in [4.69, 9.17) is 4.52 Å². The van der Waals surface area contributed by atoms with Gasteiger partial charge in [0.15, 0.2) is 0 Å². The molecular formula is C10H16N2OS. The fourth-order valence-corrected chi connectivity index (χ4v) is 3.35. The summed E-state index contributed by atoms with van der Waals surface area (Å²) in [7, 11) is 0. The number of aromatic nitrogens is 1. The average molecular weight is 212 g/mol. The van der Waals surface area contributed by atoms with Crippen molar-refractivity contribution in [3.63, 3.8) is 0 Å². The molecule has 4 heteroatoms. The molecule has 1 aliphatic heterocycles. The maximum atomic E-state index is 4.83. The van der Waals surface area contributed by atoms with Gasteiger partial charge in [0, 0.05) is 36.2 Å². The third-order valence-corrected chi connectivity index (χ3v) is 3.60. The first-order valence-electron chi connectivity index (χ1n) is 5.01. The van der Waals surface area contributed by atoms with Crippen molar-refractivity contribution < 1.29 is 4.52 Å². The van der Waals surface area contributed by atoms with Gasteiger partial charge >= 0.3 is 0 Å². The minimum Gasteiger partial charge on any atom is -0.364 e. The van der Waals surface area contributed by atoms with Gasteiger partial charge in [0.1, 0.15) is 6.26 Å². The lowest BCUT2D eigenvalue weighted by Gasteiger charge is -2.33. The SMILES string of the molecule is CC1CN(Cc2ccon2)CC(C)S1. The Kier molecular flexibility index (Phi) is 3.13. The fraction of sp³-hybridized carbons (Fsp3) is 0.700. The van der Waals surface area contributed by atoms with E-state index >= 15 is 0 Å². The van der Waals surface area contributed by atoms with Gasteiger partial charge in [0.2, 0.25) is 0 Å². The number of hydrogen-bond acceptors (Lipinski definition) is 4. The molecule has 1 aliphatic rings. The molecule has 1 aromatic heterocycles. The molecular weight excluding hydrogens is 196 g/mol. The van der Waals surface area contributed by atoms with E-state index < -0.39 is 0 Å². The minimum absolute atomic E-state index is 0.727. The molecule has 2 rings (SSSR count). The molecule has 0 aliphatic carbocycles. The van der Waals surface area contributed by atoms with Crippen LogP contribution in [0.1, 0.15) is 19.5 Å². The van der Waals surface area contributed by atoms with Gasteiger partial charge in [-0.15, -0.1) is 0 Å². The van der Waals surface area contributed by atoms with Crippen LogP contribution in [0, 0.1) is 0 Å². The van der Waals surface area contributed by atoms with Crippen molar-refractivity contribution in [2.75, 3.05) is 13.1 Å². The van der Waals surface area contributed by atoms with E-state index in [1.54, 1.807) is 6.26 Å². The Hall–Kier alpha value is -0.480. The largest absolute Gasteiger partial charge is 0.364 e. The van der Waals surface area contributed by atoms with Crippen LogP contribution in [-0.4, -0.2) is 33.6 Å². The van der Waals surface area contributed by atoms with E-state index in [1.807, 2.05) is 6.07 Å². The smallest absolute Gasteiger partial charge is 0.124 e. The summed E-state index contributed by atoms with van der Waals surface area (Å²) in [6, 6.07) is 1.94. The maximum Gasteiger partial charge on any atom is 0.124 e. The van der Waals surface area contributed by atoms with Crippen LogP contribution in [0.15, 0.2) is 16.9 Å². The zero-order valence-corrected chi connectivity index (χ0v) is 9.46. The zero-order chi connectivity index (χ0) is 9.97. The predicted molar refractivity (Wildman–Crippen MR) is 58.3 cm³/mol. The molecule has 2 heterocycles. The summed E-state index contributed by atoms with van der Waals surface area (Å²) in [5.74, 6) is 0. The first-order valence-corrected chi connectivity index (χ1v) is 5.95.